The summed E-state index contributed by atoms with van der Waals surface area (Å²) in [6.45, 7) is 4.98. The van der Waals surface area contributed by atoms with Crippen LogP contribution < -0.4 is 15.7 Å². The average molecular weight is 369 g/mol. The Bertz CT molecular complexity index is 1030. The molecule has 1 unspecified atom stereocenters. The third kappa shape index (κ3) is 3.45. The number of hydrogen-bond acceptors (Lipinski definition) is 6. The molecule has 0 saturated carbocycles. The predicted molar refractivity (Wildman–Crippen MR) is 102 cm³/mol. The topological polar surface area (TPSA) is 84.8 Å². The lowest BCUT2D eigenvalue weighted by Crippen LogP contribution is -2.23. The van der Waals surface area contributed by atoms with Crippen LogP contribution in [0.25, 0.3) is 22.5 Å². The second kappa shape index (κ2) is 7.12. The maximum absolute atomic E-state index is 11.9. The molecule has 2 N–H and O–H groups in total. The van der Waals surface area contributed by atoms with Gasteiger partial charge in [-0.05, 0) is 63.9 Å². The normalized spacial score (nSPS) is 16.9. The van der Waals surface area contributed by atoms with E-state index in [9.17, 15) is 9.90 Å². The van der Waals surface area contributed by atoms with Gasteiger partial charge in [0.05, 0.1) is 12.2 Å². The van der Waals surface area contributed by atoms with Gasteiger partial charge in [0.1, 0.15) is 17.1 Å². The van der Waals surface area contributed by atoms with Gasteiger partial charge in [0.2, 0.25) is 0 Å². The second-order valence-electron chi connectivity index (χ2n) is 7.06. The van der Waals surface area contributed by atoms with Crippen LogP contribution in [0.2, 0.25) is 0 Å². The van der Waals surface area contributed by atoms with E-state index in [-0.39, 0.29) is 17.1 Å². The van der Waals surface area contributed by atoms with Crippen LogP contribution >= 0.6 is 0 Å². The molecule has 0 bridgehead atoms. The van der Waals surface area contributed by atoms with Crippen LogP contribution in [0.4, 0.5) is 0 Å². The largest absolute Gasteiger partial charge is 0.507 e. The lowest BCUT2D eigenvalue weighted by atomic mass is 10.1. The van der Waals surface area contributed by atoms with Crippen LogP contribution in [0, 0.1) is 13.8 Å². The Balaban J connectivity index is 1.57. The van der Waals surface area contributed by atoms with Crippen molar-refractivity contribution in [2.75, 3.05) is 13.2 Å². The molecule has 2 aromatic heterocycles. The highest BCUT2D eigenvalue weighted by atomic mass is 16.5. The lowest BCUT2D eigenvalue weighted by Gasteiger charge is -2.11. The average Bonchev–Trinajstić information content (AvgIpc) is 3.32. The molecule has 1 aliphatic heterocycles. The standard InChI is InChI=1S/C21H23NO5/c1-12-19(23)13(2)21(24)27-20(12)18-11-14-10-16(5-6-17(14)26-18)25-9-7-15-4-3-8-22-15/h5-6,10-11,15,22-23H,3-4,7-9H2,1-2H3. The van der Waals surface area contributed by atoms with Crippen molar-refractivity contribution in [1.29, 1.82) is 0 Å². The zero-order valence-corrected chi connectivity index (χ0v) is 15.5. The van der Waals surface area contributed by atoms with E-state index in [1.807, 2.05) is 18.2 Å². The summed E-state index contributed by atoms with van der Waals surface area (Å²) in [7, 11) is 0. The van der Waals surface area contributed by atoms with E-state index in [1.54, 1.807) is 13.0 Å². The molecule has 3 aromatic rings. The van der Waals surface area contributed by atoms with Gasteiger partial charge in [-0.1, -0.05) is 0 Å². The van der Waals surface area contributed by atoms with E-state index in [0.29, 0.717) is 29.6 Å². The molecule has 0 radical (unpaired) electrons. The van der Waals surface area contributed by atoms with Crippen molar-refractivity contribution in [3.05, 3.63) is 45.8 Å². The number of fused-ring (bicyclic) bond motifs is 1. The number of furan rings is 1. The molecule has 1 aromatic carbocycles. The molecule has 1 saturated heterocycles. The van der Waals surface area contributed by atoms with Crippen LogP contribution in [-0.2, 0) is 0 Å². The molecule has 0 aliphatic carbocycles. The van der Waals surface area contributed by atoms with Crippen LogP contribution in [0.3, 0.4) is 0 Å². The highest BCUT2D eigenvalue weighted by Gasteiger charge is 2.18. The molecule has 1 aliphatic rings. The number of aromatic hydroxyl groups is 1. The highest BCUT2D eigenvalue weighted by molar-refractivity contribution is 5.83. The number of nitrogens with one attached hydrogen (secondary N) is 1. The summed E-state index contributed by atoms with van der Waals surface area (Å²) >= 11 is 0. The Hall–Kier alpha value is -2.73. The van der Waals surface area contributed by atoms with E-state index >= 15 is 0 Å². The highest BCUT2D eigenvalue weighted by Crippen LogP contribution is 2.34. The van der Waals surface area contributed by atoms with Crippen LogP contribution in [0.15, 0.2) is 37.9 Å². The Kier molecular flexibility index (Phi) is 4.66. The summed E-state index contributed by atoms with van der Waals surface area (Å²) in [5.41, 5.74) is 0.765. The monoisotopic (exact) mass is 369 g/mol. The molecule has 1 fully saturated rings. The summed E-state index contributed by atoms with van der Waals surface area (Å²) < 4.78 is 17.0. The van der Waals surface area contributed by atoms with Crippen molar-refractivity contribution in [3.63, 3.8) is 0 Å². The minimum atomic E-state index is -0.571. The number of benzene rings is 1. The lowest BCUT2D eigenvalue weighted by molar-refractivity contribution is 0.292. The number of ether oxygens (including phenoxy) is 1. The molecule has 142 valence electrons. The third-order valence-corrected chi connectivity index (χ3v) is 5.16. The fourth-order valence-electron chi connectivity index (χ4n) is 3.51. The third-order valence-electron chi connectivity index (χ3n) is 5.16. The van der Waals surface area contributed by atoms with Crippen molar-refractivity contribution in [2.45, 2.75) is 39.2 Å². The smallest absolute Gasteiger partial charge is 0.343 e. The quantitative estimate of drug-likeness (QED) is 0.710. The summed E-state index contributed by atoms with van der Waals surface area (Å²) in [4.78, 5) is 11.9. The minimum Gasteiger partial charge on any atom is -0.507 e. The van der Waals surface area contributed by atoms with Crippen molar-refractivity contribution < 1.29 is 18.7 Å². The first kappa shape index (κ1) is 17.7. The Morgan fingerprint density at radius 1 is 1.22 bits per heavy atom. The molecular formula is C21H23NO5. The van der Waals surface area contributed by atoms with Gasteiger partial charge in [0.25, 0.3) is 0 Å². The van der Waals surface area contributed by atoms with Gasteiger partial charge in [-0.15, -0.1) is 0 Å². The van der Waals surface area contributed by atoms with Gasteiger partial charge in [-0.3, -0.25) is 0 Å². The molecule has 3 heterocycles. The van der Waals surface area contributed by atoms with Crippen molar-refractivity contribution in [1.82, 2.24) is 5.32 Å². The first-order valence-corrected chi connectivity index (χ1v) is 9.26. The Labute approximate surface area is 156 Å². The minimum absolute atomic E-state index is 0.0637. The zero-order valence-electron chi connectivity index (χ0n) is 15.5. The second-order valence-corrected chi connectivity index (χ2v) is 7.06. The van der Waals surface area contributed by atoms with Crippen LogP contribution in [0.1, 0.15) is 30.4 Å². The molecule has 27 heavy (non-hydrogen) atoms. The van der Waals surface area contributed by atoms with E-state index in [4.69, 9.17) is 13.6 Å². The van der Waals surface area contributed by atoms with Gasteiger partial charge in [0, 0.05) is 17.0 Å². The van der Waals surface area contributed by atoms with E-state index < -0.39 is 5.63 Å². The van der Waals surface area contributed by atoms with Gasteiger partial charge in [0.15, 0.2) is 11.5 Å². The van der Waals surface area contributed by atoms with E-state index in [0.717, 1.165) is 24.1 Å². The fourth-order valence-corrected chi connectivity index (χ4v) is 3.51. The summed E-state index contributed by atoms with van der Waals surface area (Å²) in [6, 6.07) is 7.96. The van der Waals surface area contributed by atoms with Gasteiger partial charge in [-0.25, -0.2) is 4.79 Å². The maximum Gasteiger partial charge on any atom is 0.343 e. The number of rotatable bonds is 5. The first-order valence-electron chi connectivity index (χ1n) is 9.26. The molecule has 4 rings (SSSR count). The molecule has 6 nitrogen and oxygen atoms in total. The molecule has 0 spiro atoms. The Morgan fingerprint density at radius 3 is 2.85 bits per heavy atom. The van der Waals surface area contributed by atoms with Gasteiger partial charge >= 0.3 is 5.63 Å². The van der Waals surface area contributed by atoms with Crippen molar-refractivity contribution in [3.8, 4) is 23.0 Å². The fraction of sp³-hybridized carbons (Fsp3) is 0.381. The Morgan fingerprint density at radius 2 is 2.07 bits per heavy atom. The predicted octanol–water partition coefficient (Wildman–Crippen LogP) is 3.90. The SMILES string of the molecule is Cc1c(-c2cc3cc(OCCC4CCCN4)ccc3o2)oc(=O)c(C)c1O. The van der Waals surface area contributed by atoms with Gasteiger partial charge in [-0.2, -0.15) is 0 Å². The summed E-state index contributed by atoms with van der Waals surface area (Å²) in [5.74, 6) is 1.36. The van der Waals surface area contributed by atoms with E-state index in [1.165, 1.54) is 19.8 Å². The zero-order chi connectivity index (χ0) is 19.0. The number of hydrogen-bond donors (Lipinski definition) is 2. The summed E-state index contributed by atoms with van der Waals surface area (Å²) in [6.07, 6.45) is 3.43. The summed E-state index contributed by atoms with van der Waals surface area (Å²) in [5, 5.41) is 14.4. The molecule has 0 amide bonds. The van der Waals surface area contributed by atoms with Crippen molar-refractivity contribution in [2.24, 2.45) is 0 Å². The van der Waals surface area contributed by atoms with E-state index in [2.05, 4.69) is 5.32 Å². The molecule has 6 heteroatoms. The van der Waals surface area contributed by atoms with Crippen LogP contribution in [0.5, 0.6) is 11.5 Å². The molecule has 1 atom stereocenters. The van der Waals surface area contributed by atoms with Crippen molar-refractivity contribution >= 4 is 11.0 Å². The first-order chi connectivity index (χ1) is 13.0. The van der Waals surface area contributed by atoms with Crippen LogP contribution in [-0.4, -0.2) is 24.3 Å². The molecular weight excluding hydrogens is 346 g/mol. The van der Waals surface area contributed by atoms with Gasteiger partial charge < -0.3 is 24.0 Å². The maximum atomic E-state index is 11.9.